The van der Waals surface area contributed by atoms with Crippen molar-refractivity contribution < 1.29 is 9.53 Å². The molecule has 1 aliphatic rings. The molecule has 28 heavy (non-hydrogen) atoms. The highest BCUT2D eigenvalue weighted by Gasteiger charge is 2.25. The van der Waals surface area contributed by atoms with Gasteiger partial charge < -0.3 is 14.2 Å². The number of nitrogens with zero attached hydrogens (tertiary/aromatic N) is 3. The fraction of sp³-hybridized carbons (Fsp3) is 0.391. The van der Waals surface area contributed by atoms with Crippen molar-refractivity contribution in [3.8, 4) is 0 Å². The van der Waals surface area contributed by atoms with Gasteiger partial charge in [-0.25, -0.2) is 0 Å². The number of aromatic nitrogens is 2. The highest BCUT2D eigenvalue weighted by atomic mass is 16.5. The van der Waals surface area contributed by atoms with Crippen LogP contribution in [0.4, 0.5) is 0 Å². The van der Waals surface area contributed by atoms with Crippen LogP contribution in [0.5, 0.6) is 0 Å². The molecule has 0 spiro atoms. The first kappa shape index (κ1) is 18.7. The number of rotatable bonds is 5. The maximum atomic E-state index is 12.1. The van der Waals surface area contributed by atoms with Gasteiger partial charge in [-0.05, 0) is 49.4 Å². The van der Waals surface area contributed by atoms with Crippen LogP contribution >= 0.6 is 0 Å². The zero-order valence-electron chi connectivity index (χ0n) is 16.8. The van der Waals surface area contributed by atoms with Crippen molar-refractivity contribution >= 4 is 16.9 Å². The number of aryl methyl sites for hydroxylation is 1. The molecule has 0 bridgehead atoms. The highest BCUT2D eigenvalue weighted by Crippen LogP contribution is 2.33. The molecule has 3 aromatic rings. The van der Waals surface area contributed by atoms with Gasteiger partial charge in [0.05, 0.1) is 6.54 Å². The molecule has 146 valence electrons. The van der Waals surface area contributed by atoms with Gasteiger partial charge >= 0.3 is 5.97 Å². The van der Waals surface area contributed by atoms with Gasteiger partial charge in [-0.1, -0.05) is 18.6 Å². The number of esters is 1. The SMILES string of the molecule is CCC(=O)OC(Cn1c2c(c3cc(C)ccc31)CN(C)CC2)c1ccncc1. The quantitative estimate of drug-likeness (QED) is 0.630. The lowest BCUT2D eigenvalue weighted by Crippen LogP contribution is -2.28. The molecule has 0 aliphatic carbocycles. The van der Waals surface area contributed by atoms with Crippen LogP contribution in [0.25, 0.3) is 10.9 Å². The van der Waals surface area contributed by atoms with Crippen LogP contribution in [-0.4, -0.2) is 34.0 Å². The van der Waals surface area contributed by atoms with E-state index in [1.807, 2.05) is 19.1 Å². The standard InChI is InChI=1S/C23H27N3O2/c1-4-23(27)28-22(17-7-10-24-11-8-17)15-26-20-6-5-16(2)13-18(20)19-14-25(3)12-9-21(19)26/h5-8,10-11,13,22H,4,9,12,14-15H2,1-3H3. The van der Waals surface area contributed by atoms with Crippen molar-refractivity contribution in [2.24, 2.45) is 0 Å². The number of fused-ring (bicyclic) bond motifs is 3. The summed E-state index contributed by atoms with van der Waals surface area (Å²) in [5.41, 5.74) is 6.24. The molecule has 0 fully saturated rings. The monoisotopic (exact) mass is 377 g/mol. The first-order valence-electron chi connectivity index (χ1n) is 9.95. The van der Waals surface area contributed by atoms with Gasteiger partial charge in [-0.15, -0.1) is 0 Å². The van der Waals surface area contributed by atoms with Crippen LogP contribution in [0.15, 0.2) is 42.7 Å². The number of pyridine rings is 1. The van der Waals surface area contributed by atoms with E-state index >= 15 is 0 Å². The van der Waals surface area contributed by atoms with E-state index in [1.165, 1.54) is 27.7 Å². The largest absolute Gasteiger partial charge is 0.456 e. The Hall–Kier alpha value is -2.66. The number of carbonyl (C=O) groups is 1. The Labute approximate surface area is 165 Å². The van der Waals surface area contributed by atoms with E-state index in [4.69, 9.17) is 4.74 Å². The normalized spacial score (nSPS) is 15.4. The van der Waals surface area contributed by atoms with E-state index in [0.29, 0.717) is 13.0 Å². The van der Waals surface area contributed by atoms with E-state index in [1.54, 1.807) is 12.4 Å². The summed E-state index contributed by atoms with van der Waals surface area (Å²) >= 11 is 0. The molecular formula is C23H27N3O2. The van der Waals surface area contributed by atoms with E-state index in [-0.39, 0.29) is 12.1 Å². The first-order valence-corrected chi connectivity index (χ1v) is 9.95. The van der Waals surface area contributed by atoms with Crippen LogP contribution in [0.2, 0.25) is 0 Å². The molecule has 1 unspecified atom stereocenters. The molecule has 5 nitrogen and oxygen atoms in total. The van der Waals surface area contributed by atoms with Crippen molar-refractivity contribution in [3.05, 3.63) is 65.1 Å². The molecule has 0 N–H and O–H groups in total. The first-order chi connectivity index (χ1) is 13.6. The van der Waals surface area contributed by atoms with Crippen LogP contribution in [0, 0.1) is 6.92 Å². The summed E-state index contributed by atoms with van der Waals surface area (Å²) in [6.45, 7) is 6.58. The number of carbonyl (C=O) groups excluding carboxylic acids is 1. The summed E-state index contributed by atoms with van der Waals surface area (Å²) in [5, 5.41) is 1.32. The number of ether oxygens (including phenoxy) is 1. The van der Waals surface area contributed by atoms with Crippen LogP contribution in [0.1, 0.15) is 41.8 Å². The molecule has 0 amide bonds. The Balaban J connectivity index is 1.80. The van der Waals surface area contributed by atoms with Gasteiger partial charge in [-0.3, -0.25) is 9.78 Å². The molecular weight excluding hydrogens is 350 g/mol. The van der Waals surface area contributed by atoms with E-state index in [2.05, 4.69) is 46.6 Å². The highest BCUT2D eigenvalue weighted by molar-refractivity contribution is 5.86. The third kappa shape index (κ3) is 3.54. The van der Waals surface area contributed by atoms with E-state index in [0.717, 1.165) is 25.1 Å². The van der Waals surface area contributed by atoms with Gasteiger partial charge in [0.2, 0.25) is 0 Å². The third-order valence-corrected chi connectivity index (χ3v) is 5.59. The molecule has 0 saturated heterocycles. The summed E-state index contributed by atoms with van der Waals surface area (Å²) in [7, 11) is 2.17. The topological polar surface area (TPSA) is 47.4 Å². The molecule has 4 rings (SSSR count). The molecule has 0 radical (unpaired) electrons. The average Bonchev–Trinajstić information content (AvgIpc) is 3.00. The van der Waals surface area contributed by atoms with Gasteiger partial charge in [0.25, 0.3) is 0 Å². The minimum atomic E-state index is -0.323. The molecule has 1 aromatic carbocycles. The predicted octanol–water partition coefficient (Wildman–Crippen LogP) is 4.03. The zero-order valence-corrected chi connectivity index (χ0v) is 16.8. The second-order valence-corrected chi connectivity index (χ2v) is 7.66. The summed E-state index contributed by atoms with van der Waals surface area (Å²) in [5.74, 6) is -0.178. The Morgan fingerprint density at radius 3 is 2.79 bits per heavy atom. The fourth-order valence-corrected chi connectivity index (χ4v) is 4.10. The molecule has 1 atom stereocenters. The van der Waals surface area contributed by atoms with Crippen molar-refractivity contribution in [1.82, 2.24) is 14.5 Å². The van der Waals surface area contributed by atoms with Crippen LogP contribution in [-0.2, 0) is 29.0 Å². The number of hydrogen-bond acceptors (Lipinski definition) is 4. The van der Waals surface area contributed by atoms with Gasteiger partial charge in [0, 0.05) is 54.9 Å². The van der Waals surface area contributed by atoms with Crippen molar-refractivity contribution in [1.29, 1.82) is 0 Å². The molecule has 5 heteroatoms. The smallest absolute Gasteiger partial charge is 0.306 e. The number of benzene rings is 1. The van der Waals surface area contributed by atoms with Gasteiger partial charge in [-0.2, -0.15) is 0 Å². The predicted molar refractivity (Wildman–Crippen MR) is 110 cm³/mol. The van der Waals surface area contributed by atoms with Crippen molar-refractivity contribution in [2.75, 3.05) is 13.6 Å². The lowest BCUT2D eigenvalue weighted by Gasteiger charge is -2.26. The third-order valence-electron chi connectivity index (χ3n) is 5.59. The number of hydrogen-bond donors (Lipinski definition) is 0. The fourth-order valence-electron chi connectivity index (χ4n) is 4.10. The lowest BCUT2D eigenvalue weighted by molar-refractivity contribution is -0.149. The molecule has 3 heterocycles. The van der Waals surface area contributed by atoms with Crippen molar-refractivity contribution in [3.63, 3.8) is 0 Å². The Kier molecular flexibility index (Phi) is 5.18. The van der Waals surface area contributed by atoms with E-state index < -0.39 is 0 Å². The summed E-state index contributed by atoms with van der Waals surface area (Å²) in [4.78, 5) is 18.6. The van der Waals surface area contributed by atoms with Gasteiger partial charge in [0.1, 0.15) is 6.10 Å². The Morgan fingerprint density at radius 2 is 2.04 bits per heavy atom. The maximum absolute atomic E-state index is 12.1. The Bertz CT molecular complexity index is 994. The summed E-state index contributed by atoms with van der Waals surface area (Å²) < 4.78 is 8.21. The van der Waals surface area contributed by atoms with Crippen molar-refractivity contribution in [2.45, 2.75) is 45.9 Å². The number of likely N-dealkylation sites (N-methyl/N-ethyl adjacent to an activating group) is 1. The second-order valence-electron chi connectivity index (χ2n) is 7.66. The van der Waals surface area contributed by atoms with Crippen LogP contribution in [0.3, 0.4) is 0 Å². The van der Waals surface area contributed by atoms with E-state index in [9.17, 15) is 4.79 Å². The second kappa shape index (κ2) is 7.76. The molecule has 2 aromatic heterocycles. The maximum Gasteiger partial charge on any atom is 0.306 e. The minimum absolute atomic E-state index is 0.178. The van der Waals surface area contributed by atoms with Crippen LogP contribution < -0.4 is 0 Å². The zero-order chi connectivity index (χ0) is 19.7. The molecule has 0 saturated carbocycles. The average molecular weight is 377 g/mol. The summed E-state index contributed by atoms with van der Waals surface area (Å²) in [6.07, 6.45) is 4.56. The molecule has 1 aliphatic heterocycles. The van der Waals surface area contributed by atoms with Gasteiger partial charge in [0.15, 0.2) is 0 Å². The summed E-state index contributed by atoms with van der Waals surface area (Å²) in [6, 6.07) is 10.5. The Morgan fingerprint density at radius 1 is 1.25 bits per heavy atom. The minimum Gasteiger partial charge on any atom is -0.456 e. The lowest BCUT2D eigenvalue weighted by atomic mass is 10.0.